The number of hydrogen-bond acceptors (Lipinski definition) is 4. The van der Waals surface area contributed by atoms with Gasteiger partial charge in [-0.2, -0.15) is 0 Å². The van der Waals surface area contributed by atoms with Crippen LogP contribution in [0.3, 0.4) is 0 Å². The van der Waals surface area contributed by atoms with E-state index in [0.29, 0.717) is 6.54 Å². The summed E-state index contributed by atoms with van der Waals surface area (Å²) in [4.78, 5) is 8.89. The molecule has 0 spiro atoms. The van der Waals surface area contributed by atoms with Gasteiger partial charge in [0.1, 0.15) is 5.01 Å². The van der Waals surface area contributed by atoms with Crippen LogP contribution in [-0.4, -0.2) is 9.97 Å². The molecule has 0 saturated heterocycles. The van der Waals surface area contributed by atoms with Crippen LogP contribution >= 0.6 is 11.3 Å². The molecule has 1 aromatic carbocycles. The van der Waals surface area contributed by atoms with E-state index in [1.165, 1.54) is 5.56 Å². The van der Waals surface area contributed by atoms with E-state index in [1.807, 2.05) is 24.4 Å². The molecule has 0 amide bonds. The smallest absolute Gasteiger partial charge is 0.125 e. The normalized spacial score (nSPS) is 10.7. The molecule has 2 aromatic heterocycles. The second kappa shape index (κ2) is 5.53. The van der Waals surface area contributed by atoms with Crippen molar-refractivity contribution >= 4 is 11.3 Å². The minimum atomic E-state index is 0.567. The van der Waals surface area contributed by atoms with Crippen LogP contribution in [0.15, 0.2) is 48.1 Å². The molecule has 0 unspecified atom stereocenters. The zero-order valence-corrected chi connectivity index (χ0v) is 12.0. The van der Waals surface area contributed by atoms with Crippen molar-refractivity contribution in [3.8, 4) is 21.8 Å². The molecule has 20 heavy (non-hydrogen) atoms. The highest BCUT2D eigenvalue weighted by atomic mass is 32.1. The molecule has 4 heteroatoms. The lowest BCUT2D eigenvalue weighted by atomic mass is 10.1. The van der Waals surface area contributed by atoms with Gasteiger partial charge in [0.25, 0.3) is 0 Å². The first-order chi connectivity index (χ1) is 9.78. The molecule has 0 bridgehead atoms. The molecular weight excluding hydrogens is 266 g/mol. The third-order valence-corrected chi connectivity index (χ3v) is 4.13. The van der Waals surface area contributed by atoms with E-state index in [9.17, 15) is 0 Å². The average Bonchev–Trinajstić information content (AvgIpc) is 2.97. The van der Waals surface area contributed by atoms with Crippen molar-refractivity contribution in [2.24, 2.45) is 5.73 Å². The second-order valence-electron chi connectivity index (χ2n) is 4.63. The zero-order chi connectivity index (χ0) is 13.9. The van der Waals surface area contributed by atoms with Crippen LogP contribution in [0.4, 0.5) is 0 Å². The third kappa shape index (κ3) is 2.48. The molecule has 2 N–H and O–H groups in total. The Bertz CT molecular complexity index is 717. The van der Waals surface area contributed by atoms with E-state index in [1.54, 1.807) is 17.5 Å². The van der Waals surface area contributed by atoms with Crippen LogP contribution in [0.2, 0.25) is 0 Å². The van der Waals surface area contributed by atoms with Crippen LogP contribution < -0.4 is 5.73 Å². The zero-order valence-electron chi connectivity index (χ0n) is 11.2. The molecular formula is C16H15N3S. The fraction of sp³-hybridized carbons (Fsp3) is 0.125. The summed E-state index contributed by atoms with van der Waals surface area (Å²) in [6.07, 6.45) is 3.67. The third-order valence-electron chi connectivity index (χ3n) is 3.26. The SMILES string of the molecule is Cc1ccncc1-c1nc(-c2ccc(CN)cc2)cs1. The minimum Gasteiger partial charge on any atom is -0.326 e. The summed E-state index contributed by atoms with van der Waals surface area (Å²) in [6.45, 7) is 2.64. The number of nitrogens with two attached hydrogens (primary N) is 1. The van der Waals surface area contributed by atoms with Crippen molar-refractivity contribution in [3.05, 3.63) is 59.2 Å². The van der Waals surface area contributed by atoms with Crippen molar-refractivity contribution < 1.29 is 0 Å². The van der Waals surface area contributed by atoms with Crippen molar-refractivity contribution in [2.45, 2.75) is 13.5 Å². The molecule has 100 valence electrons. The number of benzene rings is 1. The van der Waals surface area contributed by atoms with Crippen LogP contribution in [0.1, 0.15) is 11.1 Å². The number of nitrogens with zero attached hydrogens (tertiary/aromatic N) is 2. The lowest BCUT2D eigenvalue weighted by Gasteiger charge is -2.01. The first kappa shape index (κ1) is 13.0. The molecule has 0 aliphatic heterocycles. The number of rotatable bonds is 3. The van der Waals surface area contributed by atoms with E-state index in [-0.39, 0.29) is 0 Å². The lowest BCUT2D eigenvalue weighted by molar-refractivity contribution is 1.07. The van der Waals surface area contributed by atoms with Gasteiger partial charge in [0.15, 0.2) is 0 Å². The lowest BCUT2D eigenvalue weighted by Crippen LogP contribution is -1.95. The number of hydrogen-bond donors (Lipinski definition) is 1. The molecule has 2 heterocycles. The van der Waals surface area contributed by atoms with Crippen molar-refractivity contribution in [3.63, 3.8) is 0 Å². The number of thiazole rings is 1. The highest BCUT2D eigenvalue weighted by Gasteiger charge is 2.08. The predicted octanol–water partition coefficient (Wildman–Crippen LogP) is 3.64. The first-order valence-electron chi connectivity index (χ1n) is 6.44. The van der Waals surface area contributed by atoms with Crippen LogP contribution in [0, 0.1) is 6.92 Å². The molecule has 0 aliphatic rings. The molecule has 3 aromatic rings. The van der Waals surface area contributed by atoms with E-state index >= 15 is 0 Å². The van der Waals surface area contributed by atoms with Crippen LogP contribution in [-0.2, 0) is 6.54 Å². The maximum Gasteiger partial charge on any atom is 0.125 e. The molecule has 0 saturated carbocycles. The van der Waals surface area contributed by atoms with Gasteiger partial charge in [-0.25, -0.2) is 4.98 Å². The van der Waals surface area contributed by atoms with Crippen molar-refractivity contribution in [1.82, 2.24) is 9.97 Å². The summed E-state index contributed by atoms with van der Waals surface area (Å²) < 4.78 is 0. The standard InChI is InChI=1S/C16H15N3S/c1-11-6-7-18-9-14(11)16-19-15(10-20-16)13-4-2-12(8-17)3-5-13/h2-7,9-10H,8,17H2,1H3. The molecule has 0 aliphatic carbocycles. The van der Waals surface area contributed by atoms with Crippen molar-refractivity contribution in [2.75, 3.05) is 0 Å². The summed E-state index contributed by atoms with van der Waals surface area (Å²) in [5, 5.41) is 3.09. The highest BCUT2D eigenvalue weighted by Crippen LogP contribution is 2.30. The average molecular weight is 281 g/mol. The van der Waals surface area contributed by atoms with Gasteiger partial charge < -0.3 is 5.73 Å². The van der Waals surface area contributed by atoms with Gasteiger partial charge in [-0.1, -0.05) is 24.3 Å². The molecule has 0 atom stereocenters. The van der Waals surface area contributed by atoms with Gasteiger partial charge in [-0.05, 0) is 24.1 Å². The maximum atomic E-state index is 5.61. The number of aromatic nitrogens is 2. The molecule has 3 nitrogen and oxygen atoms in total. The van der Waals surface area contributed by atoms with Crippen LogP contribution in [0.25, 0.3) is 21.8 Å². The van der Waals surface area contributed by atoms with E-state index in [4.69, 9.17) is 10.7 Å². The Morgan fingerprint density at radius 3 is 2.65 bits per heavy atom. The largest absolute Gasteiger partial charge is 0.326 e. The Balaban J connectivity index is 1.95. The second-order valence-corrected chi connectivity index (χ2v) is 5.49. The van der Waals surface area contributed by atoms with Gasteiger partial charge >= 0.3 is 0 Å². The molecule has 3 rings (SSSR count). The minimum absolute atomic E-state index is 0.567. The predicted molar refractivity (Wildman–Crippen MR) is 83.4 cm³/mol. The quantitative estimate of drug-likeness (QED) is 0.797. The fourth-order valence-electron chi connectivity index (χ4n) is 2.03. The number of aryl methyl sites for hydroxylation is 1. The van der Waals surface area contributed by atoms with Gasteiger partial charge in [0, 0.05) is 35.4 Å². The summed E-state index contributed by atoms with van der Waals surface area (Å²) in [5.41, 5.74) is 11.2. The van der Waals surface area contributed by atoms with Crippen LogP contribution in [0.5, 0.6) is 0 Å². The first-order valence-corrected chi connectivity index (χ1v) is 7.32. The molecule has 0 fully saturated rings. The Kier molecular flexibility index (Phi) is 3.58. The van der Waals surface area contributed by atoms with Crippen molar-refractivity contribution in [1.29, 1.82) is 0 Å². The summed E-state index contributed by atoms with van der Waals surface area (Å²) in [7, 11) is 0. The Morgan fingerprint density at radius 1 is 1.15 bits per heavy atom. The van der Waals surface area contributed by atoms with E-state index in [0.717, 1.165) is 27.4 Å². The summed E-state index contributed by atoms with van der Waals surface area (Å²) >= 11 is 1.65. The maximum absolute atomic E-state index is 5.61. The topological polar surface area (TPSA) is 51.8 Å². The van der Waals surface area contributed by atoms with Gasteiger partial charge in [-0.3, -0.25) is 4.98 Å². The Labute approximate surface area is 122 Å². The Hall–Kier alpha value is -2.04. The number of pyridine rings is 1. The van der Waals surface area contributed by atoms with Gasteiger partial charge in [0.2, 0.25) is 0 Å². The molecule has 0 radical (unpaired) electrons. The monoisotopic (exact) mass is 281 g/mol. The van der Waals surface area contributed by atoms with E-state index < -0.39 is 0 Å². The highest BCUT2D eigenvalue weighted by molar-refractivity contribution is 7.13. The van der Waals surface area contributed by atoms with Gasteiger partial charge in [0.05, 0.1) is 5.69 Å². The summed E-state index contributed by atoms with van der Waals surface area (Å²) in [5.74, 6) is 0. The summed E-state index contributed by atoms with van der Waals surface area (Å²) in [6, 6.07) is 10.2. The van der Waals surface area contributed by atoms with Gasteiger partial charge in [-0.15, -0.1) is 11.3 Å². The van der Waals surface area contributed by atoms with E-state index in [2.05, 4.69) is 29.4 Å². The Morgan fingerprint density at radius 2 is 1.95 bits per heavy atom. The fourth-order valence-corrected chi connectivity index (χ4v) is 2.93.